The first-order valence-electron chi connectivity index (χ1n) is 10.5. The Kier molecular flexibility index (Phi) is 5.84. The third kappa shape index (κ3) is 4.18. The minimum Gasteiger partial charge on any atom is -0.440 e. The number of nitrogens with one attached hydrogen (secondary N) is 1. The number of para-hydroxylation sites is 1. The number of aromatic nitrogens is 1. The first-order valence-corrected chi connectivity index (χ1v) is 11.3. The average Bonchev–Trinajstić information content (AvgIpc) is 3.10. The second-order valence-corrected chi connectivity index (χ2v) is 8.61. The van der Waals surface area contributed by atoms with E-state index in [2.05, 4.69) is 5.32 Å². The number of anilines is 1. The molecule has 35 heavy (non-hydrogen) atoms. The van der Waals surface area contributed by atoms with Gasteiger partial charge in [0, 0.05) is 23.0 Å². The summed E-state index contributed by atoms with van der Waals surface area (Å²) in [7, 11) is 1.81. The van der Waals surface area contributed by atoms with Crippen molar-refractivity contribution in [1.29, 1.82) is 0 Å². The van der Waals surface area contributed by atoms with E-state index >= 15 is 0 Å². The van der Waals surface area contributed by atoms with E-state index in [9.17, 15) is 14.0 Å². The number of fused-ring (bicyclic) bond motifs is 1. The van der Waals surface area contributed by atoms with Crippen molar-refractivity contribution in [2.75, 3.05) is 4.90 Å². The van der Waals surface area contributed by atoms with E-state index in [0.717, 1.165) is 10.9 Å². The molecule has 4 aromatic rings. The summed E-state index contributed by atoms with van der Waals surface area (Å²) in [6.45, 7) is 0. The lowest BCUT2D eigenvalue weighted by Gasteiger charge is -2.29. The van der Waals surface area contributed by atoms with Gasteiger partial charge in [0.15, 0.2) is 5.11 Å². The quantitative estimate of drug-likeness (QED) is 0.223. The van der Waals surface area contributed by atoms with Gasteiger partial charge in [-0.2, -0.15) is 0 Å². The van der Waals surface area contributed by atoms with Crippen LogP contribution in [0, 0.1) is 5.82 Å². The molecule has 0 spiro atoms. The van der Waals surface area contributed by atoms with Crippen molar-refractivity contribution in [1.82, 2.24) is 9.88 Å². The lowest BCUT2D eigenvalue weighted by Crippen LogP contribution is -2.54. The molecule has 1 N–H and O–H groups in total. The smallest absolute Gasteiger partial charge is 0.270 e. The molecule has 1 aliphatic heterocycles. The summed E-state index contributed by atoms with van der Waals surface area (Å²) in [5.41, 5.74) is 1.70. The Morgan fingerprint density at radius 3 is 2.40 bits per heavy atom. The number of hydrogen-bond acceptors (Lipinski definition) is 4. The van der Waals surface area contributed by atoms with Crippen LogP contribution in [-0.4, -0.2) is 21.5 Å². The number of carbonyl (C=O) groups is 2. The van der Waals surface area contributed by atoms with Crippen LogP contribution < -0.4 is 15.0 Å². The molecule has 6 nitrogen and oxygen atoms in total. The van der Waals surface area contributed by atoms with Crippen LogP contribution in [-0.2, 0) is 16.6 Å². The Morgan fingerprint density at radius 2 is 1.69 bits per heavy atom. The van der Waals surface area contributed by atoms with E-state index in [4.69, 9.17) is 28.6 Å². The Bertz CT molecular complexity index is 1530. The molecule has 0 unspecified atom stereocenters. The first-order chi connectivity index (χ1) is 16.8. The summed E-state index contributed by atoms with van der Waals surface area (Å²) in [6.07, 6.45) is 1.49. The third-order valence-electron chi connectivity index (χ3n) is 5.59. The summed E-state index contributed by atoms with van der Waals surface area (Å²) in [4.78, 5) is 27.6. The van der Waals surface area contributed by atoms with Gasteiger partial charge in [-0.25, -0.2) is 4.39 Å². The highest BCUT2D eigenvalue weighted by atomic mass is 35.5. The fourth-order valence-corrected chi connectivity index (χ4v) is 4.31. The Hall–Kier alpha value is -4.01. The van der Waals surface area contributed by atoms with Crippen molar-refractivity contribution in [3.05, 3.63) is 94.8 Å². The van der Waals surface area contributed by atoms with E-state index in [1.807, 2.05) is 24.3 Å². The number of benzene rings is 3. The molecule has 1 aliphatic rings. The van der Waals surface area contributed by atoms with Gasteiger partial charge in [0.25, 0.3) is 11.8 Å². The minimum atomic E-state index is -0.620. The summed E-state index contributed by atoms with van der Waals surface area (Å²) >= 11 is 11.2. The van der Waals surface area contributed by atoms with Gasteiger partial charge in [0.05, 0.1) is 11.2 Å². The molecule has 0 atom stereocenters. The van der Waals surface area contributed by atoms with Crippen LogP contribution in [0.5, 0.6) is 11.6 Å². The zero-order chi connectivity index (χ0) is 24.7. The van der Waals surface area contributed by atoms with Crippen LogP contribution in [0.4, 0.5) is 10.1 Å². The van der Waals surface area contributed by atoms with Crippen LogP contribution >= 0.6 is 23.8 Å². The Labute approximate surface area is 210 Å². The molecule has 0 radical (unpaired) electrons. The number of carbonyl (C=O) groups excluding carboxylic acids is 2. The van der Waals surface area contributed by atoms with E-state index in [-0.39, 0.29) is 16.5 Å². The van der Waals surface area contributed by atoms with Gasteiger partial charge >= 0.3 is 0 Å². The highest BCUT2D eigenvalue weighted by Crippen LogP contribution is 2.36. The van der Waals surface area contributed by atoms with Crippen LogP contribution in [0.15, 0.2) is 78.4 Å². The number of ether oxygens (including phenoxy) is 1. The number of nitrogens with zero attached hydrogens (tertiary/aromatic N) is 2. The molecule has 1 fully saturated rings. The van der Waals surface area contributed by atoms with E-state index < -0.39 is 11.8 Å². The molecule has 1 saturated heterocycles. The SMILES string of the molecule is Cn1c(Oc2ccc(F)cc2)c(/C=C2\C(=O)NC(=S)N(c3ccc(Cl)cc3)C2=O)c2ccccc21. The number of amides is 2. The maximum Gasteiger partial charge on any atom is 0.270 e. The molecule has 1 aromatic heterocycles. The van der Waals surface area contributed by atoms with Crippen LogP contribution in [0.3, 0.4) is 0 Å². The number of hydrogen-bond donors (Lipinski definition) is 1. The Morgan fingerprint density at radius 1 is 1.00 bits per heavy atom. The van der Waals surface area contributed by atoms with Gasteiger partial charge in [-0.15, -0.1) is 0 Å². The highest BCUT2D eigenvalue weighted by Gasteiger charge is 2.35. The monoisotopic (exact) mass is 505 g/mol. The number of halogens is 2. The molecule has 2 heterocycles. The maximum absolute atomic E-state index is 13.5. The highest BCUT2D eigenvalue weighted by molar-refractivity contribution is 7.80. The molecule has 9 heteroatoms. The fourth-order valence-electron chi connectivity index (χ4n) is 3.90. The number of thiocarbonyl (C=S) groups is 1. The van der Waals surface area contributed by atoms with Crippen LogP contribution in [0.1, 0.15) is 5.56 Å². The Balaban J connectivity index is 1.64. The summed E-state index contributed by atoms with van der Waals surface area (Å²) in [5, 5.41) is 3.82. The largest absolute Gasteiger partial charge is 0.440 e. The van der Waals surface area contributed by atoms with Crippen molar-refractivity contribution in [2.24, 2.45) is 7.05 Å². The molecular weight excluding hydrogens is 489 g/mol. The summed E-state index contributed by atoms with van der Waals surface area (Å²) < 4.78 is 21.3. The predicted molar refractivity (Wildman–Crippen MR) is 137 cm³/mol. The lowest BCUT2D eigenvalue weighted by molar-refractivity contribution is -0.122. The number of aryl methyl sites for hydroxylation is 1. The zero-order valence-electron chi connectivity index (χ0n) is 18.3. The van der Waals surface area contributed by atoms with Gasteiger partial charge in [0.2, 0.25) is 5.88 Å². The van der Waals surface area contributed by atoms with Gasteiger partial charge in [-0.3, -0.25) is 19.8 Å². The van der Waals surface area contributed by atoms with Gasteiger partial charge in [-0.05, 0) is 72.9 Å². The van der Waals surface area contributed by atoms with E-state index in [1.165, 1.54) is 35.2 Å². The molecule has 2 amide bonds. The van der Waals surface area contributed by atoms with Crippen molar-refractivity contribution < 1.29 is 18.7 Å². The lowest BCUT2D eigenvalue weighted by atomic mass is 10.1. The van der Waals surface area contributed by atoms with Crippen molar-refractivity contribution >= 4 is 63.4 Å². The zero-order valence-corrected chi connectivity index (χ0v) is 19.9. The maximum atomic E-state index is 13.5. The van der Waals surface area contributed by atoms with Crippen LogP contribution in [0.2, 0.25) is 5.02 Å². The summed E-state index contributed by atoms with van der Waals surface area (Å²) in [5.74, 6) is -0.801. The topological polar surface area (TPSA) is 63.6 Å². The van der Waals surface area contributed by atoms with Crippen molar-refractivity contribution in [3.8, 4) is 11.6 Å². The fraction of sp³-hybridized carbons (Fsp3) is 0.0385. The molecule has 0 aliphatic carbocycles. The van der Waals surface area contributed by atoms with Crippen molar-refractivity contribution in [3.63, 3.8) is 0 Å². The third-order valence-corrected chi connectivity index (χ3v) is 6.13. The summed E-state index contributed by atoms with van der Waals surface area (Å²) in [6, 6.07) is 19.6. The second-order valence-electron chi connectivity index (χ2n) is 7.79. The number of rotatable bonds is 4. The minimum absolute atomic E-state index is 0.0276. The molecule has 5 rings (SSSR count). The van der Waals surface area contributed by atoms with Crippen LogP contribution in [0.25, 0.3) is 17.0 Å². The predicted octanol–water partition coefficient (Wildman–Crippen LogP) is 5.59. The molecule has 3 aromatic carbocycles. The van der Waals surface area contributed by atoms with E-state index in [1.54, 1.807) is 35.9 Å². The van der Waals surface area contributed by atoms with Gasteiger partial charge < -0.3 is 9.30 Å². The van der Waals surface area contributed by atoms with Gasteiger partial charge in [0.1, 0.15) is 17.1 Å². The standard InChI is InChI=1S/C26H17ClFN3O3S/c1-30-22-5-3-2-4-19(22)20(25(30)34-18-12-8-16(28)9-13-18)14-21-23(32)29-26(35)31(24(21)33)17-10-6-15(27)7-11-17/h2-14H,1H3,(H,29,32,35)/b21-14+. The normalized spacial score (nSPS) is 15.1. The van der Waals surface area contributed by atoms with Gasteiger partial charge in [-0.1, -0.05) is 29.8 Å². The van der Waals surface area contributed by atoms with E-state index in [0.29, 0.717) is 27.9 Å². The average molecular weight is 506 g/mol. The molecule has 0 saturated carbocycles. The molecule has 0 bridgehead atoms. The molecular formula is C26H17ClFN3O3S. The van der Waals surface area contributed by atoms with Crippen molar-refractivity contribution in [2.45, 2.75) is 0 Å². The first kappa shape index (κ1) is 22.8. The second kappa shape index (κ2) is 8.98. The molecule has 174 valence electrons.